The Hall–Kier alpha value is -2.12. The lowest BCUT2D eigenvalue weighted by atomic mass is 9.94. The van der Waals surface area contributed by atoms with Crippen LogP contribution in [0, 0.1) is 0 Å². The summed E-state index contributed by atoms with van der Waals surface area (Å²) in [6.45, 7) is 5.90. The third-order valence-corrected chi connectivity index (χ3v) is 2.60. The van der Waals surface area contributed by atoms with Crippen LogP contribution in [0.3, 0.4) is 0 Å². The first-order chi connectivity index (χ1) is 9.89. The smallest absolute Gasteiger partial charge is 0.418 e. The van der Waals surface area contributed by atoms with Crippen LogP contribution in [0.4, 0.5) is 18.0 Å². The molecule has 8 heteroatoms. The SMILES string of the molecule is CC(C)(C)OC(=O)NC(C)(C=O)c1ncccc1C(F)(F)F. The number of alkyl carbamates (subject to hydrolysis) is 1. The lowest BCUT2D eigenvalue weighted by Gasteiger charge is -2.28. The van der Waals surface area contributed by atoms with Crippen molar-refractivity contribution in [3.8, 4) is 0 Å². The molecular weight excluding hydrogens is 301 g/mol. The summed E-state index contributed by atoms with van der Waals surface area (Å²) in [6, 6.07) is 1.89. The maximum atomic E-state index is 13.0. The number of amides is 1. The quantitative estimate of drug-likeness (QED) is 0.870. The number of nitrogens with zero attached hydrogens (tertiary/aromatic N) is 1. The van der Waals surface area contributed by atoms with Gasteiger partial charge in [-0.25, -0.2) is 4.79 Å². The first kappa shape index (κ1) is 17.9. The van der Waals surface area contributed by atoms with E-state index in [1.807, 2.05) is 0 Å². The van der Waals surface area contributed by atoms with Crippen molar-refractivity contribution in [2.45, 2.75) is 45.0 Å². The molecule has 0 saturated carbocycles. The van der Waals surface area contributed by atoms with Gasteiger partial charge < -0.3 is 14.8 Å². The van der Waals surface area contributed by atoms with Gasteiger partial charge in [0.1, 0.15) is 11.1 Å². The molecule has 5 nitrogen and oxygen atoms in total. The van der Waals surface area contributed by atoms with E-state index in [0.29, 0.717) is 0 Å². The highest BCUT2D eigenvalue weighted by Gasteiger charge is 2.42. The lowest BCUT2D eigenvalue weighted by molar-refractivity contribution is -0.139. The minimum absolute atomic E-state index is 0.189. The van der Waals surface area contributed by atoms with Crippen LogP contribution < -0.4 is 5.32 Å². The number of aldehydes is 1. The van der Waals surface area contributed by atoms with Gasteiger partial charge in [0.25, 0.3) is 0 Å². The van der Waals surface area contributed by atoms with Crippen molar-refractivity contribution in [2.24, 2.45) is 0 Å². The molecule has 1 unspecified atom stereocenters. The number of pyridine rings is 1. The second-order valence-corrected chi connectivity index (χ2v) is 5.84. The zero-order valence-electron chi connectivity index (χ0n) is 12.6. The number of hydrogen-bond donors (Lipinski definition) is 1. The molecule has 1 atom stereocenters. The lowest BCUT2D eigenvalue weighted by Crippen LogP contribution is -2.48. The highest BCUT2D eigenvalue weighted by molar-refractivity contribution is 5.77. The summed E-state index contributed by atoms with van der Waals surface area (Å²) in [5, 5.41) is 2.14. The van der Waals surface area contributed by atoms with Gasteiger partial charge >= 0.3 is 12.3 Å². The minimum atomic E-state index is -4.70. The van der Waals surface area contributed by atoms with Gasteiger partial charge in [0, 0.05) is 6.20 Å². The van der Waals surface area contributed by atoms with E-state index in [1.54, 1.807) is 20.8 Å². The number of carbonyl (C=O) groups is 2. The van der Waals surface area contributed by atoms with Crippen molar-refractivity contribution in [3.63, 3.8) is 0 Å². The van der Waals surface area contributed by atoms with Crippen molar-refractivity contribution in [2.75, 3.05) is 0 Å². The molecule has 0 radical (unpaired) electrons. The summed E-state index contributed by atoms with van der Waals surface area (Å²) in [4.78, 5) is 26.7. The van der Waals surface area contributed by atoms with Crippen LogP contribution in [0.5, 0.6) is 0 Å². The molecule has 1 aromatic rings. The normalized spacial score (nSPS) is 14.9. The number of carbonyl (C=O) groups excluding carboxylic acids is 2. The molecule has 22 heavy (non-hydrogen) atoms. The Labute approximate surface area is 125 Å². The minimum Gasteiger partial charge on any atom is -0.444 e. The van der Waals surface area contributed by atoms with Crippen molar-refractivity contribution in [1.82, 2.24) is 10.3 Å². The van der Waals surface area contributed by atoms with Gasteiger partial charge in [-0.2, -0.15) is 13.2 Å². The number of aromatic nitrogens is 1. The molecular formula is C14H17F3N2O3. The van der Waals surface area contributed by atoms with Gasteiger partial charge in [-0.3, -0.25) is 4.98 Å². The van der Waals surface area contributed by atoms with E-state index in [2.05, 4.69) is 10.3 Å². The summed E-state index contributed by atoms with van der Waals surface area (Å²) in [5.41, 5.74) is -4.51. The molecule has 0 aliphatic carbocycles. The molecule has 0 spiro atoms. The maximum absolute atomic E-state index is 13.0. The Morgan fingerprint density at radius 1 is 1.27 bits per heavy atom. The number of hydrogen-bond acceptors (Lipinski definition) is 4. The number of nitrogens with one attached hydrogen (secondary N) is 1. The summed E-state index contributed by atoms with van der Waals surface area (Å²) < 4.78 is 44.0. The molecule has 0 fully saturated rings. The average molecular weight is 318 g/mol. The van der Waals surface area contributed by atoms with E-state index in [4.69, 9.17) is 4.74 Å². The van der Waals surface area contributed by atoms with E-state index < -0.39 is 34.7 Å². The van der Waals surface area contributed by atoms with Crippen LogP contribution in [-0.2, 0) is 21.2 Å². The predicted molar refractivity (Wildman–Crippen MR) is 72.0 cm³/mol. The molecule has 0 aliphatic heterocycles. The van der Waals surface area contributed by atoms with Crippen molar-refractivity contribution in [3.05, 3.63) is 29.6 Å². The Morgan fingerprint density at radius 2 is 1.86 bits per heavy atom. The number of halogens is 3. The van der Waals surface area contributed by atoms with Gasteiger partial charge in [-0.15, -0.1) is 0 Å². The Morgan fingerprint density at radius 3 is 2.32 bits per heavy atom. The third kappa shape index (κ3) is 4.44. The fraction of sp³-hybridized carbons (Fsp3) is 0.500. The second-order valence-electron chi connectivity index (χ2n) is 5.84. The molecule has 1 amide bonds. The van der Waals surface area contributed by atoms with Crippen molar-refractivity contribution >= 4 is 12.4 Å². The second kappa shape index (κ2) is 5.94. The van der Waals surface area contributed by atoms with Crippen molar-refractivity contribution < 1.29 is 27.5 Å². The molecule has 0 saturated heterocycles. The highest BCUT2D eigenvalue weighted by atomic mass is 19.4. The van der Waals surface area contributed by atoms with Crippen molar-refractivity contribution in [1.29, 1.82) is 0 Å². The van der Waals surface area contributed by atoms with Crippen LogP contribution in [0.1, 0.15) is 39.0 Å². The summed E-state index contributed by atoms with van der Waals surface area (Å²) in [6.07, 6.45) is -4.41. The van der Waals surface area contributed by atoms with E-state index in [-0.39, 0.29) is 6.29 Å². The number of ether oxygens (including phenoxy) is 1. The fourth-order valence-corrected chi connectivity index (χ4v) is 1.71. The molecule has 1 rings (SSSR count). The van der Waals surface area contributed by atoms with Gasteiger partial charge in [0.15, 0.2) is 6.29 Å². The van der Waals surface area contributed by atoms with Crippen LogP contribution >= 0.6 is 0 Å². The van der Waals surface area contributed by atoms with Gasteiger partial charge in [0.05, 0.1) is 11.3 Å². The molecule has 1 aromatic heterocycles. The topological polar surface area (TPSA) is 68.3 Å². The molecule has 0 aromatic carbocycles. The van der Waals surface area contributed by atoms with Crippen LogP contribution in [-0.4, -0.2) is 23.0 Å². The Kier molecular flexibility index (Phi) is 4.84. The number of rotatable bonds is 3. The molecule has 122 valence electrons. The van der Waals surface area contributed by atoms with Crippen LogP contribution in [0.15, 0.2) is 18.3 Å². The summed E-state index contributed by atoms with van der Waals surface area (Å²) in [7, 11) is 0. The van der Waals surface area contributed by atoms with Gasteiger partial charge in [-0.05, 0) is 39.8 Å². The Bertz CT molecular complexity index is 567. The maximum Gasteiger partial charge on any atom is 0.418 e. The van der Waals surface area contributed by atoms with Crippen LogP contribution in [0.2, 0.25) is 0 Å². The molecule has 0 bridgehead atoms. The highest BCUT2D eigenvalue weighted by Crippen LogP contribution is 2.34. The Balaban J connectivity index is 3.20. The van der Waals surface area contributed by atoms with Gasteiger partial charge in [-0.1, -0.05) is 0 Å². The molecule has 1 heterocycles. The predicted octanol–water partition coefficient (Wildman–Crippen LogP) is 3.04. The van der Waals surface area contributed by atoms with E-state index in [1.165, 1.54) is 0 Å². The fourth-order valence-electron chi connectivity index (χ4n) is 1.71. The first-order valence-electron chi connectivity index (χ1n) is 6.39. The molecule has 1 N–H and O–H groups in total. The third-order valence-electron chi connectivity index (χ3n) is 2.60. The summed E-state index contributed by atoms with van der Waals surface area (Å²) in [5.74, 6) is 0. The van der Waals surface area contributed by atoms with Gasteiger partial charge in [0.2, 0.25) is 0 Å². The zero-order chi connectivity index (χ0) is 17.2. The summed E-state index contributed by atoms with van der Waals surface area (Å²) >= 11 is 0. The van der Waals surface area contributed by atoms with Crippen LogP contribution in [0.25, 0.3) is 0 Å². The van der Waals surface area contributed by atoms with E-state index in [0.717, 1.165) is 25.3 Å². The zero-order valence-corrected chi connectivity index (χ0v) is 12.6. The standard InChI is InChI=1S/C14H17F3N2O3/c1-12(2,3)22-11(21)19-13(4,8-20)10-9(14(15,16)17)6-5-7-18-10/h5-8H,1-4H3,(H,19,21). The largest absolute Gasteiger partial charge is 0.444 e. The average Bonchev–Trinajstić information content (AvgIpc) is 2.35. The monoisotopic (exact) mass is 318 g/mol. The first-order valence-corrected chi connectivity index (χ1v) is 6.39. The van der Waals surface area contributed by atoms with E-state index in [9.17, 15) is 22.8 Å². The van der Waals surface area contributed by atoms with E-state index >= 15 is 0 Å². The molecule has 0 aliphatic rings. The number of alkyl halides is 3.